The fourth-order valence-corrected chi connectivity index (χ4v) is 4.72. The molecule has 0 heterocycles. The maximum atomic E-state index is 12.9. The molecule has 1 N–H and O–H groups in total. The van der Waals surface area contributed by atoms with Crippen molar-refractivity contribution in [2.45, 2.75) is 45.4 Å². The molecule has 0 radical (unpaired) electrons. The molecule has 2 rings (SSSR count). The summed E-state index contributed by atoms with van der Waals surface area (Å²) in [5.74, 6) is -0.324. The zero-order valence-electron chi connectivity index (χ0n) is 16.5. The van der Waals surface area contributed by atoms with Gasteiger partial charge in [0.2, 0.25) is 10.0 Å². The molecule has 0 aliphatic rings. The first-order chi connectivity index (χ1) is 12.8. The Morgan fingerprint density at radius 3 is 2.11 bits per heavy atom. The van der Waals surface area contributed by atoms with Crippen molar-refractivity contribution < 1.29 is 13.2 Å². The van der Waals surface area contributed by atoms with E-state index in [2.05, 4.69) is 5.32 Å². The highest BCUT2D eigenvalue weighted by Crippen LogP contribution is 2.20. The van der Waals surface area contributed by atoms with Gasteiger partial charge >= 0.3 is 0 Å². The molecule has 0 unspecified atom stereocenters. The zero-order chi connectivity index (χ0) is 20.0. The molecular weight excluding hydrogens is 360 g/mol. The number of sulfonamides is 1. The molecule has 0 bridgehead atoms. The molecule has 0 fully saturated rings. The van der Waals surface area contributed by atoms with Crippen LogP contribution >= 0.6 is 0 Å². The number of amides is 1. The van der Waals surface area contributed by atoms with E-state index in [0.29, 0.717) is 24.3 Å². The molecule has 146 valence electrons. The van der Waals surface area contributed by atoms with Crippen LogP contribution in [0.4, 0.5) is 5.69 Å². The predicted molar refractivity (Wildman–Crippen MR) is 110 cm³/mol. The van der Waals surface area contributed by atoms with Crippen LogP contribution < -0.4 is 5.32 Å². The van der Waals surface area contributed by atoms with E-state index in [0.717, 1.165) is 24.0 Å². The van der Waals surface area contributed by atoms with E-state index in [9.17, 15) is 13.2 Å². The van der Waals surface area contributed by atoms with Gasteiger partial charge in [-0.2, -0.15) is 4.31 Å². The number of carbonyl (C=O) groups excluding carboxylic acids is 1. The molecule has 0 spiro atoms. The predicted octanol–water partition coefficient (Wildman–Crippen LogP) is 4.37. The molecule has 5 nitrogen and oxygen atoms in total. The van der Waals surface area contributed by atoms with Crippen molar-refractivity contribution in [1.29, 1.82) is 0 Å². The van der Waals surface area contributed by atoms with E-state index in [1.54, 1.807) is 18.2 Å². The van der Waals surface area contributed by atoms with Crippen molar-refractivity contribution in [3.8, 4) is 0 Å². The molecule has 1 amide bonds. The zero-order valence-corrected chi connectivity index (χ0v) is 17.3. The van der Waals surface area contributed by atoms with Gasteiger partial charge in [-0.05, 0) is 68.1 Å². The second-order valence-corrected chi connectivity index (χ2v) is 8.70. The highest BCUT2D eigenvalue weighted by atomic mass is 32.2. The molecule has 2 aromatic carbocycles. The standard InChI is InChI=1S/C21H28N2O3S/c1-5-10-23(11-6-2)27(25,26)20-9-7-8-18(15-20)21(24)22-19-13-16(3)12-17(4)14-19/h7-9,12-15H,5-6,10-11H2,1-4H3,(H,22,24). The normalized spacial score (nSPS) is 11.6. The molecule has 0 saturated heterocycles. The van der Waals surface area contributed by atoms with E-state index < -0.39 is 10.0 Å². The first-order valence-corrected chi connectivity index (χ1v) is 10.7. The Kier molecular flexibility index (Phi) is 7.16. The molecule has 6 heteroatoms. The van der Waals surface area contributed by atoms with Crippen molar-refractivity contribution in [1.82, 2.24) is 4.31 Å². The Hall–Kier alpha value is -2.18. The van der Waals surface area contributed by atoms with Crippen LogP contribution in [-0.2, 0) is 10.0 Å². The Balaban J connectivity index is 2.29. The van der Waals surface area contributed by atoms with Crippen LogP contribution in [0.15, 0.2) is 47.4 Å². The van der Waals surface area contributed by atoms with Crippen molar-refractivity contribution in [2.75, 3.05) is 18.4 Å². The number of aryl methyl sites for hydroxylation is 2. The number of nitrogens with one attached hydrogen (secondary N) is 1. The van der Waals surface area contributed by atoms with Gasteiger partial charge in [0.05, 0.1) is 4.90 Å². The third kappa shape index (κ3) is 5.40. The minimum Gasteiger partial charge on any atom is -0.322 e. The Morgan fingerprint density at radius 2 is 1.56 bits per heavy atom. The van der Waals surface area contributed by atoms with Gasteiger partial charge in [0.1, 0.15) is 0 Å². The maximum absolute atomic E-state index is 12.9. The van der Waals surface area contributed by atoms with Crippen molar-refractivity contribution in [3.05, 3.63) is 59.2 Å². The molecular formula is C21H28N2O3S. The minimum absolute atomic E-state index is 0.150. The number of carbonyl (C=O) groups is 1. The number of anilines is 1. The van der Waals surface area contributed by atoms with Crippen molar-refractivity contribution in [3.63, 3.8) is 0 Å². The van der Waals surface area contributed by atoms with Crippen LogP contribution in [0.25, 0.3) is 0 Å². The molecule has 27 heavy (non-hydrogen) atoms. The lowest BCUT2D eigenvalue weighted by Gasteiger charge is -2.21. The summed E-state index contributed by atoms with van der Waals surface area (Å²) in [6, 6.07) is 12.0. The average Bonchev–Trinajstić information content (AvgIpc) is 2.60. The summed E-state index contributed by atoms with van der Waals surface area (Å²) in [5, 5.41) is 2.85. The summed E-state index contributed by atoms with van der Waals surface area (Å²) in [7, 11) is -3.61. The van der Waals surface area contributed by atoms with Gasteiger partial charge in [0.25, 0.3) is 5.91 Å². The van der Waals surface area contributed by atoms with E-state index in [1.807, 2.05) is 45.9 Å². The quantitative estimate of drug-likeness (QED) is 0.730. The summed E-state index contributed by atoms with van der Waals surface area (Å²) < 4.78 is 27.3. The van der Waals surface area contributed by atoms with E-state index in [4.69, 9.17) is 0 Å². The summed E-state index contributed by atoms with van der Waals surface area (Å²) in [6.07, 6.45) is 1.48. The Bertz CT molecular complexity index is 881. The molecule has 0 aliphatic carbocycles. The number of nitrogens with zero attached hydrogens (tertiary/aromatic N) is 1. The van der Waals surface area contributed by atoms with Gasteiger partial charge in [-0.3, -0.25) is 4.79 Å². The lowest BCUT2D eigenvalue weighted by atomic mass is 10.1. The summed E-state index contributed by atoms with van der Waals surface area (Å²) in [6.45, 7) is 8.76. The van der Waals surface area contributed by atoms with Gasteiger partial charge in [-0.1, -0.05) is 26.0 Å². The molecule has 0 saturated carbocycles. The summed E-state index contributed by atoms with van der Waals surface area (Å²) in [5.41, 5.74) is 3.13. The van der Waals surface area contributed by atoms with Crippen LogP contribution in [0, 0.1) is 13.8 Å². The van der Waals surface area contributed by atoms with Crippen molar-refractivity contribution in [2.24, 2.45) is 0 Å². The van der Waals surface area contributed by atoms with Crippen LogP contribution in [0.3, 0.4) is 0 Å². The van der Waals surface area contributed by atoms with Gasteiger partial charge < -0.3 is 5.32 Å². The second kappa shape index (κ2) is 9.15. The first-order valence-electron chi connectivity index (χ1n) is 9.27. The number of rotatable bonds is 8. The van der Waals surface area contributed by atoms with Crippen LogP contribution in [0.1, 0.15) is 48.2 Å². The third-order valence-corrected chi connectivity index (χ3v) is 6.05. The Morgan fingerprint density at radius 1 is 0.963 bits per heavy atom. The van der Waals surface area contributed by atoms with Gasteiger partial charge in [0, 0.05) is 24.3 Å². The largest absolute Gasteiger partial charge is 0.322 e. The highest BCUT2D eigenvalue weighted by Gasteiger charge is 2.24. The third-order valence-electron chi connectivity index (χ3n) is 4.16. The van der Waals surface area contributed by atoms with Crippen LogP contribution in [-0.4, -0.2) is 31.7 Å². The summed E-state index contributed by atoms with van der Waals surface area (Å²) >= 11 is 0. The topological polar surface area (TPSA) is 66.5 Å². The SMILES string of the molecule is CCCN(CCC)S(=O)(=O)c1cccc(C(=O)Nc2cc(C)cc(C)c2)c1. The van der Waals surface area contributed by atoms with E-state index in [1.165, 1.54) is 10.4 Å². The number of hydrogen-bond donors (Lipinski definition) is 1. The second-order valence-electron chi connectivity index (χ2n) is 6.76. The van der Waals surface area contributed by atoms with Gasteiger partial charge in [0.15, 0.2) is 0 Å². The molecule has 2 aromatic rings. The first kappa shape index (κ1) is 21.1. The number of benzene rings is 2. The maximum Gasteiger partial charge on any atom is 0.255 e. The Labute approximate surface area is 162 Å². The highest BCUT2D eigenvalue weighted by molar-refractivity contribution is 7.89. The smallest absolute Gasteiger partial charge is 0.255 e. The fraction of sp³-hybridized carbons (Fsp3) is 0.381. The summed E-state index contributed by atoms with van der Waals surface area (Å²) in [4.78, 5) is 12.8. The van der Waals surface area contributed by atoms with Crippen LogP contribution in [0.2, 0.25) is 0 Å². The minimum atomic E-state index is -3.61. The average molecular weight is 389 g/mol. The van der Waals surface area contributed by atoms with Gasteiger partial charge in [-0.25, -0.2) is 8.42 Å². The molecule has 0 aromatic heterocycles. The lowest BCUT2D eigenvalue weighted by Crippen LogP contribution is -2.32. The van der Waals surface area contributed by atoms with Crippen molar-refractivity contribution >= 4 is 21.6 Å². The number of hydrogen-bond acceptors (Lipinski definition) is 3. The fourth-order valence-electron chi connectivity index (χ4n) is 3.05. The van der Waals surface area contributed by atoms with Crippen LogP contribution in [0.5, 0.6) is 0 Å². The lowest BCUT2D eigenvalue weighted by molar-refractivity contribution is 0.102. The monoisotopic (exact) mass is 388 g/mol. The van der Waals surface area contributed by atoms with E-state index >= 15 is 0 Å². The molecule has 0 atom stereocenters. The van der Waals surface area contributed by atoms with E-state index in [-0.39, 0.29) is 10.8 Å². The van der Waals surface area contributed by atoms with Gasteiger partial charge in [-0.15, -0.1) is 0 Å². The molecule has 0 aliphatic heterocycles.